The first-order valence-electron chi connectivity index (χ1n) is 7.50. The molecule has 1 unspecified atom stereocenters. The molecule has 1 aromatic carbocycles. The maximum absolute atomic E-state index is 5.99. The van der Waals surface area contributed by atoms with Crippen molar-refractivity contribution in [3.8, 4) is 5.75 Å². The van der Waals surface area contributed by atoms with Crippen LogP contribution in [0.4, 0.5) is 0 Å². The molecule has 114 valence electrons. The number of likely N-dealkylation sites (N-methyl/N-ethyl adjacent to an activating group) is 1. The van der Waals surface area contributed by atoms with Gasteiger partial charge in [-0.15, -0.1) is 0 Å². The molecule has 0 amide bonds. The number of rotatable bonds is 9. The normalized spacial score (nSPS) is 12.7. The molecule has 0 aliphatic heterocycles. The Morgan fingerprint density at radius 2 is 1.95 bits per heavy atom. The zero-order valence-electron chi connectivity index (χ0n) is 13.1. The Morgan fingerprint density at radius 1 is 1.25 bits per heavy atom. The molecule has 0 spiro atoms. The quantitative estimate of drug-likeness (QED) is 0.737. The van der Waals surface area contributed by atoms with E-state index in [0.29, 0.717) is 6.04 Å². The van der Waals surface area contributed by atoms with Gasteiger partial charge in [-0.2, -0.15) is 0 Å². The molecule has 0 aromatic heterocycles. The van der Waals surface area contributed by atoms with Crippen LogP contribution >= 0.6 is 15.9 Å². The van der Waals surface area contributed by atoms with Gasteiger partial charge in [-0.1, -0.05) is 36.7 Å². The van der Waals surface area contributed by atoms with Crippen molar-refractivity contribution in [3.05, 3.63) is 28.2 Å². The topological polar surface area (TPSA) is 24.5 Å². The smallest absolute Gasteiger partial charge is 0.124 e. The van der Waals surface area contributed by atoms with Crippen LogP contribution in [0.3, 0.4) is 0 Å². The fraction of sp³-hybridized carbons (Fsp3) is 0.625. The number of halogens is 1. The monoisotopic (exact) mass is 342 g/mol. The second-order valence-electron chi connectivity index (χ2n) is 4.84. The maximum Gasteiger partial charge on any atom is 0.124 e. The molecule has 0 aliphatic carbocycles. The molecule has 0 heterocycles. The summed E-state index contributed by atoms with van der Waals surface area (Å²) >= 11 is 3.54. The molecule has 4 heteroatoms. The lowest BCUT2D eigenvalue weighted by atomic mass is 10.1. The average Bonchev–Trinajstić information content (AvgIpc) is 2.45. The first kappa shape index (κ1) is 17.5. The van der Waals surface area contributed by atoms with E-state index in [1.54, 1.807) is 0 Å². The summed E-state index contributed by atoms with van der Waals surface area (Å²) in [4.78, 5) is 2.37. The van der Waals surface area contributed by atoms with Crippen molar-refractivity contribution in [2.45, 2.75) is 33.7 Å². The Morgan fingerprint density at radius 3 is 2.55 bits per heavy atom. The van der Waals surface area contributed by atoms with Gasteiger partial charge in [0, 0.05) is 22.6 Å². The Bertz CT molecular complexity index is 394. The van der Waals surface area contributed by atoms with Crippen LogP contribution < -0.4 is 10.1 Å². The Kier molecular flexibility index (Phi) is 8.19. The van der Waals surface area contributed by atoms with Crippen LogP contribution in [0.2, 0.25) is 0 Å². The highest BCUT2D eigenvalue weighted by Crippen LogP contribution is 2.28. The third-order valence-electron chi connectivity index (χ3n) is 3.51. The van der Waals surface area contributed by atoms with E-state index in [9.17, 15) is 0 Å². The van der Waals surface area contributed by atoms with E-state index >= 15 is 0 Å². The molecule has 0 radical (unpaired) electrons. The third-order valence-corrected chi connectivity index (χ3v) is 4.00. The van der Waals surface area contributed by atoms with Gasteiger partial charge < -0.3 is 15.0 Å². The Hall–Kier alpha value is -0.580. The summed E-state index contributed by atoms with van der Waals surface area (Å²) in [6, 6.07) is 6.52. The summed E-state index contributed by atoms with van der Waals surface area (Å²) in [6.07, 6.45) is 0. The summed E-state index contributed by atoms with van der Waals surface area (Å²) < 4.78 is 7.08. The molecular formula is C16H27BrN2O. The van der Waals surface area contributed by atoms with Gasteiger partial charge in [0.05, 0.1) is 0 Å². The highest BCUT2D eigenvalue weighted by molar-refractivity contribution is 9.10. The van der Waals surface area contributed by atoms with Crippen LogP contribution in [-0.2, 0) is 0 Å². The summed E-state index contributed by atoms with van der Waals surface area (Å²) in [5.74, 6) is 0.980. The highest BCUT2D eigenvalue weighted by atomic mass is 79.9. The lowest BCUT2D eigenvalue weighted by molar-refractivity contribution is 0.221. The van der Waals surface area contributed by atoms with Crippen molar-refractivity contribution < 1.29 is 4.74 Å². The first-order valence-corrected chi connectivity index (χ1v) is 8.29. The van der Waals surface area contributed by atoms with Crippen molar-refractivity contribution in [1.29, 1.82) is 0 Å². The molecule has 1 aromatic rings. The minimum absolute atomic E-state index is 0.293. The molecule has 3 nitrogen and oxygen atoms in total. The second kappa shape index (κ2) is 9.37. The number of nitrogens with one attached hydrogen (secondary N) is 1. The molecule has 0 saturated carbocycles. The van der Waals surface area contributed by atoms with E-state index in [2.05, 4.69) is 66.0 Å². The minimum Gasteiger partial charge on any atom is -0.492 e. The predicted octanol–water partition coefficient (Wildman–Crippen LogP) is 3.84. The fourth-order valence-corrected chi connectivity index (χ4v) is 2.61. The van der Waals surface area contributed by atoms with Crippen molar-refractivity contribution in [1.82, 2.24) is 10.2 Å². The average molecular weight is 343 g/mol. The lowest BCUT2D eigenvalue weighted by Gasteiger charge is -2.21. The van der Waals surface area contributed by atoms with Gasteiger partial charge in [0.1, 0.15) is 12.4 Å². The van der Waals surface area contributed by atoms with Crippen LogP contribution in [-0.4, -0.2) is 37.7 Å². The molecule has 20 heavy (non-hydrogen) atoms. The van der Waals surface area contributed by atoms with Gasteiger partial charge in [0.25, 0.3) is 0 Å². The van der Waals surface area contributed by atoms with Gasteiger partial charge in [-0.05, 0) is 44.8 Å². The Balaban J connectivity index is 2.68. The van der Waals surface area contributed by atoms with E-state index in [4.69, 9.17) is 4.74 Å². The molecule has 0 fully saturated rings. The van der Waals surface area contributed by atoms with Crippen molar-refractivity contribution in [2.24, 2.45) is 0 Å². The zero-order valence-corrected chi connectivity index (χ0v) is 14.7. The second-order valence-corrected chi connectivity index (χ2v) is 5.75. The Labute approximate surface area is 131 Å². The van der Waals surface area contributed by atoms with Gasteiger partial charge in [0.2, 0.25) is 0 Å². The fourth-order valence-electron chi connectivity index (χ4n) is 2.23. The van der Waals surface area contributed by atoms with E-state index in [1.165, 1.54) is 5.56 Å². The molecule has 0 aliphatic rings. The number of benzene rings is 1. The number of nitrogens with zero attached hydrogens (tertiary/aromatic N) is 1. The van der Waals surface area contributed by atoms with Crippen LogP contribution in [0.25, 0.3) is 0 Å². The van der Waals surface area contributed by atoms with Gasteiger partial charge >= 0.3 is 0 Å². The number of ether oxygens (including phenoxy) is 1. The lowest BCUT2D eigenvalue weighted by Crippen LogP contribution is -2.28. The predicted molar refractivity (Wildman–Crippen MR) is 89.5 cm³/mol. The summed E-state index contributed by atoms with van der Waals surface area (Å²) in [5, 5.41) is 3.44. The molecule has 1 rings (SSSR count). The number of hydrogen-bond donors (Lipinski definition) is 1. The van der Waals surface area contributed by atoms with Gasteiger partial charge in [0.15, 0.2) is 0 Å². The van der Waals surface area contributed by atoms with Crippen molar-refractivity contribution in [2.75, 3.05) is 32.8 Å². The summed E-state index contributed by atoms with van der Waals surface area (Å²) in [7, 11) is 0. The van der Waals surface area contributed by atoms with E-state index in [1.807, 2.05) is 6.07 Å². The largest absolute Gasteiger partial charge is 0.492 e. The number of hydrogen-bond acceptors (Lipinski definition) is 3. The molecule has 1 atom stereocenters. The SMILES string of the molecule is CCNC(C)c1cc(Br)ccc1OCCN(CC)CC. The minimum atomic E-state index is 0.293. The van der Waals surface area contributed by atoms with Crippen LogP contribution in [0, 0.1) is 0 Å². The highest BCUT2D eigenvalue weighted by Gasteiger charge is 2.11. The first-order chi connectivity index (χ1) is 9.62. The molecule has 0 saturated heterocycles. The summed E-state index contributed by atoms with van der Waals surface area (Å²) in [6.45, 7) is 13.4. The molecule has 1 N–H and O–H groups in total. The van der Waals surface area contributed by atoms with Crippen molar-refractivity contribution in [3.63, 3.8) is 0 Å². The molecule has 0 bridgehead atoms. The van der Waals surface area contributed by atoms with Gasteiger partial charge in [-0.3, -0.25) is 0 Å². The standard InChI is InChI=1S/C16H27BrN2O/c1-5-18-13(4)15-12-14(17)8-9-16(15)20-11-10-19(6-2)7-3/h8-9,12-13,18H,5-7,10-11H2,1-4H3. The third kappa shape index (κ3) is 5.43. The van der Waals surface area contributed by atoms with Gasteiger partial charge in [-0.25, -0.2) is 0 Å². The van der Waals surface area contributed by atoms with Crippen LogP contribution in [0.1, 0.15) is 39.3 Å². The van der Waals surface area contributed by atoms with Crippen LogP contribution in [0.5, 0.6) is 5.75 Å². The molecular weight excluding hydrogens is 316 g/mol. The van der Waals surface area contributed by atoms with E-state index < -0.39 is 0 Å². The van der Waals surface area contributed by atoms with E-state index in [0.717, 1.165) is 43.0 Å². The van der Waals surface area contributed by atoms with Crippen LogP contribution in [0.15, 0.2) is 22.7 Å². The van der Waals surface area contributed by atoms with Crippen molar-refractivity contribution >= 4 is 15.9 Å². The summed E-state index contributed by atoms with van der Waals surface area (Å²) in [5.41, 5.74) is 1.21. The zero-order chi connectivity index (χ0) is 15.0. The van der Waals surface area contributed by atoms with E-state index in [-0.39, 0.29) is 0 Å². The maximum atomic E-state index is 5.99.